The summed E-state index contributed by atoms with van der Waals surface area (Å²) in [5.41, 5.74) is 3.72. The molecule has 0 aromatic heterocycles. The van der Waals surface area contributed by atoms with E-state index in [-0.39, 0.29) is 5.82 Å². The summed E-state index contributed by atoms with van der Waals surface area (Å²) in [5.74, 6) is 0.288. The Morgan fingerprint density at radius 2 is 1.74 bits per heavy atom. The predicted octanol–water partition coefficient (Wildman–Crippen LogP) is 6.72. The molecule has 0 aliphatic heterocycles. The summed E-state index contributed by atoms with van der Waals surface area (Å²) in [6.45, 7) is 2.32. The number of hydrazone groups is 1. The second-order valence-corrected chi connectivity index (χ2v) is 7.73. The summed E-state index contributed by atoms with van der Waals surface area (Å²) >= 11 is 3.42. The van der Waals surface area contributed by atoms with Gasteiger partial charge in [-0.1, -0.05) is 46.3 Å². The van der Waals surface area contributed by atoms with Crippen LogP contribution in [0, 0.1) is 5.82 Å². The third-order valence-corrected chi connectivity index (χ3v) is 5.28. The number of benzene rings is 3. The van der Waals surface area contributed by atoms with Crippen molar-refractivity contribution in [3.63, 3.8) is 0 Å². The lowest BCUT2D eigenvalue weighted by molar-refractivity contribution is 0.262. The number of anilines is 2. The van der Waals surface area contributed by atoms with E-state index in [2.05, 4.69) is 43.8 Å². The minimum absolute atomic E-state index is 0.369. The molecular formula is C26H26BrFN4O2. The van der Waals surface area contributed by atoms with Gasteiger partial charge in [-0.15, -0.1) is 0 Å². The van der Waals surface area contributed by atoms with E-state index >= 15 is 0 Å². The first-order chi connectivity index (χ1) is 16.5. The summed E-state index contributed by atoms with van der Waals surface area (Å²) in [6.07, 6.45) is 2.45. The van der Waals surface area contributed by atoms with E-state index in [1.807, 2.05) is 44.3 Å². The smallest absolute Gasteiger partial charge is 0.323 e. The maximum absolute atomic E-state index is 13.1. The molecule has 0 unspecified atom stereocenters. The lowest BCUT2D eigenvalue weighted by Gasteiger charge is -2.21. The summed E-state index contributed by atoms with van der Waals surface area (Å²) in [6, 6.07) is 20.6. The van der Waals surface area contributed by atoms with Crippen molar-refractivity contribution in [3.8, 4) is 5.75 Å². The number of nitrogens with one attached hydrogen (secondary N) is 2. The normalized spacial score (nSPS) is 11.4. The minimum atomic E-state index is -0.445. The van der Waals surface area contributed by atoms with E-state index in [1.165, 1.54) is 29.8 Å². The van der Waals surface area contributed by atoms with Crippen LogP contribution in [0.3, 0.4) is 0 Å². The topological polar surface area (TPSA) is 66.0 Å². The highest BCUT2D eigenvalue weighted by molar-refractivity contribution is 9.11. The van der Waals surface area contributed by atoms with E-state index in [1.54, 1.807) is 22.3 Å². The fourth-order valence-electron chi connectivity index (χ4n) is 3.22. The quantitative estimate of drug-likeness (QED) is 0.241. The highest BCUT2D eigenvalue weighted by atomic mass is 79.9. The van der Waals surface area contributed by atoms with Gasteiger partial charge in [0.05, 0.1) is 12.3 Å². The first-order valence-electron chi connectivity index (χ1n) is 10.7. The van der Waals surface area contributed by atoms with Crippen LogP contribution in [0.1, 0.15) is 18.1 Å². The van der Waals surface area contributed by atoms with Gasteiger partial charge in [-0.05, 0) is 55.0 Å². The monoisotopic (exact) mass is 524 g/mol. The van der Waals surface area contributed by atoms with E-state index < -0.39 is 6.03 Å². The zero-order valence-electron chi connectivity index (χ0n) is 19.0. The molecule has 0 radical (unpaired) electrons. The van der Waals surface area contributed by atoms with Gasteiger partial charge in [0, 0.05) is 41.6 Å². The van der Waals surface area contributed by atoms with Crippen molar-refractivity contribution < 1.29 is 13.9 Å². The fourth-order valence-corrected chi connectivity index (χ4v) is 3.77. The van der Waals surface area contributed by atoms with Gasteiger partial charge in [-0.2, -0.15) is 5.10 Å². The molecule has 3 aromatic rings. The number of hydrogen-bond donors (Lipinski definition) is 2. The summed E-state index contributed by atoms with van der Waals surface area (Å²) < 4.78 is 19.2. The lowest BCUT2D eigenvalue weighted by Crippen LogP contribution is -2.19. The second kappa shape index (κ2) is 12.6. The first kappa shape index (κ1) is 25.0. The van der Waals surface area contributed by atoms with Crippen LogP contribution < -0.4 is 15.4 Å². The number of hydrogen-bond acceptors (Lipinski definition) is 4. The molecule has 6 nitrogen and oxygen atoms in total. The van der Waals surface area contributed by atoms with Crippen LogP contribution in [0.15, 0.2) is 82.9 Å². The molecule has 0 heterocycles. The molecule has 3 rings (SSSR count). The summed E-state index contributed by atoms with van der Waals surface area (Å²) in [5, 5.41) is 11.5. The van der Waals surface area contributed by atoms with Gasteiger partial charge in [0.2, 0.25) is 0 Å². The number of carbonyl (C=O) groups excluding carboxylic acids is 1. The van der Waals surface area contributed by atoms with Crippen LogP contribution >= 0.6 is 15.9 Å². The van der Waals surface area contributed by atoms with Crippen LogP contribution in [0.25, 0.3) is 5.70 Å². The van der Waals surface area contributed by atoms with E-state index in [9.17, 15) is 9.18 Å². The maximum atomic E-state index is 13.1. The Kier molecular flexibility index (Phi) is 9.22. The highest BCUT2D eigenvalue weighted by Gasteiger charge is 2.15. The molecule has 0 aliphatic carbocycles. The van der Waals surface area contributed by atoms with Gasteiger partial charge in [0.15, 0.2) is 0 Å². The molecule has 0 atom stereocenters. The fraction of sp³-hybridized carbons (Fsp3) is 0.154. The molecule has 2 amide bonds. The van der Waals surface area contributed by atoms with E-state index in [4.69, 9.17) is 4.74 Å². The molecule has 8 heteroatoms. The molecule has 2 N–H and O–H groups in total. The molecule has 0 spiro atoms. The Balaban J connectivity index is 1.79. The van der Waals surface area contributed by atoms with Crippen molar-refractivity contribution in [2.24, 2.45) is 5.10 Å². The molecular weight excluding hydrogens is 499 g/mol. The van der Waals surface area contributed by atoms with Crippen molar-refractivity contribution in [3.05, 3.63) is 94.7 Å². The standard InChI is InChI=1S/C26H26BrFN4O2/c1-3-29-32(2)24(18-27)23-17-22(31-26(33)30-21-11-9-20(28)10-12-21)13-14-25(23)34-16-15-19-7-5-4-6-8-19/h3-14,17-18H,15-16H2,1-2H3,(H2,30,31,33)/b24-18+,29-3-. The van der Waals surface area contributed by atoms with Crippen LogP contribution in [0.5, 0.6) is 5.75 Å². The van der Waals surface area contributed by atoms with Crippen molar-refractivity contribution in [1.29, 1.82) is 0 Å². The van der Waals surface area contributed by atoms with Crippen LogP contribution in [0.4, 0.5) is 20.6 Å². The minimum Gasteiger partial charge on any atom is -0.493 e. The van der Waals surface area contributed by atoms with E-state index in [0.29, 0.717) is 23.7 Å². The Labute approximate surface area is 207 Å². The molecule has 0 aliphatic rings. The molecule has 0 saturated heterocycles. The predicted molar refractivity (Wildman–Crippen MR) is 140 cm³/mol. The van der Waals surface area contributed by atoms with Crippen molar-refractivity contribution >= 4 is 45.2 Å². The molecule has 3 aromatic carbocycles. The van der Waals surface area contributed by atoms with Gasteiger partial charge < -0.3 is 15.4 Å². The molecule has 0 bridgehead atoms. The lowest BCUT2D eigenvalue weighted by atomic mass is 10.1. The second-order valence-electron chi connectivity index (χ2n) is 7.27. The highest BCUT2D eigenvalue weighted by Crippen LogP contribution is 2.32. The van der Waals surface area contributed by atoms with E-state index in [0.717, 1.165) is 17.7 Å². The molecule has 0 fully saturated rings. The average Bonchev–Trinajstić information content (AvgIpc) is 2.83. The van der Waals surface area contributed by atoms with Gasteiger partial charge in [-0.25, -0.2) is 9.18 Å². The van der Waals surface area contributed by atoms with Crippen LogP contribution in [0.2, 0.25) is 0 Å². The SMILES string of the molecule is C/C=N\N(C)/C(=C/Br)c1cc(NC(=O)Nc2ccc(F)cc2)ccc1OCCc1ccccc1. The van der Waals surface area contributed by atoms with Gasteiger partial charge >= 0.3 is 6.03 Å². The number of nitrogens with zero attached hydrogens (tertiary/aromatic N) is 2. The van der Waals surface area contributed by atoms with Gasteiger partial charge in [0.1, 0.15) is 11.6 Å². The third kappa shape index (κ3) is 7.18. The number of amides is 2. The average molecular weight is 525 g/mol. The Bertz CT molecular complexity index is 1150. The van der Waals surface area contributed by atoms with Crippen LogP contribution in [-0.2, 0) is 6.42 Å². The van der Waals surface area contributed by atoms with Gasteiger partial charge in [0.25, 0.3) is 0 Å². The largest absolute Gasteiger partial charge is 0.493 e. The number of rotatable bonds is 9. The number of urea groups is 1. The zero-order valence-corrected chi connectivity index (χ0v) is 20.5. The van der Waals surface area contributed by atoms with Crippen molar-refractivity contribution in [1.82, 2.24) is 5.01 Å². The van der Waals surface area contributed by atoms with Crippen LogP contribution in [-0.4, -0.2) is 30.9 Å². The number of halogens is 2. The van der Waals surface area contributed by atoms with Crippen molar-refractivity contribution in [2.75, 3.05) is 24.3 Å². The molecule has 176 valence electrons. The molecule has 34 heavy (non-hydrogen) atoms. The summed E-state index contributed by atoms with van der Waals surface area (Å²) in [7, 11) is 1.82. The van der Waals surface area contributed by atoms with Gasteiger partial charge in [-0.3, -0.25) is 5.01 Å². The van der Waals surface area contributed by atoms with Crippen molar-refractivity contribution in [2.45, 2.75) is 13.3 Å². The number of carbonyl (C=O) groups is 1. The molecule has 0 saturated carbocycles. The third-order valence-electron chi connectivity index (χ3n) is 4.85. The Morgan fingerprint density at radius 3 is 2.41 bits per heavy atom. The summed E-state index contributed by atoms with van der Waals surface area (Å²) in [4.78, 5) is 14.2. The Hall–Kier alpha value is -3.65. The zero-order chi connectivity index (χ0) is 24.3. The first-order valence-corrected chi connectivity index (χ1v) is 11.6. The Morgan fingerprint density at radius 1 is 1.06 bits per heavy atom. The maximum Gasteiger partial charge on any atom is 0.323 e. The number of ether oxygens (including phenoxy) is 1.